The number of pyridine rings is 1. The van der Waals surface area contributed by atoms with Gasteiger partial charge in [0.25, 0.3) is 5.91 Å². The molecule has 0 spiro atoms. The van der Waals surface area contributed by atoms with Crippen molar-refractivity contribution >= 4 is 5.91 Å². The highest BCUT2D eigenvalue weighted by Gasteiger charge is 2.23. The molecular formula is C27H29FN2O3. The highest BCUT2D eigenvalue weighted by atomic mass is 19.1. The number of rotatable bonds is 9. The van der Waals surface area contributed by atoms with Crippen LogP contribution in [0.4, 0.5) is 4.39 Å². The molecule has 1 aliphatic rings. The molecule has 1 fully saturated rings. The van der Waals surface area contributed by atoms with E-state index in [9.17, 15) is 9.18 Å². The standard InChI is InChI=1S/C27H29FN2O3/c28-23-8-4-7-21(17-23)26-14-9-22(18-29-26)27(31)30-24-10-12-25(13-11-24)33-16-15-32-19-20-5-2-1-3-6-20/h1-9,14,17-18,24-25H,10-13,15-16,19H2,(H,30,31). The smallest absolute Gasteiger partial charge is 0.253 e. The Hall–Kier alpha value is -3.09. The van der Waals surface area contributed by atoms with Crippen molar-refractivity contribution in [2.45, 2.75) is 44.4 Å². The fourth-order valence-electron chi connectivity index (χ4n) is 4.03. The highest BCUT2D eigenvalue weighted by molar-refractivity contribution is 5.94. The Kier molecular flexibility index (Phi) is 8.17. The van der Waals surface area contributed by atoms with E-state index in [1.807, 2.05) is 30.3 Å². The lowest BCUT2D eigenvalue weighted by Crippen LogP contribution is -2.39. The normalized spacial score (nSPS) is 18.1. The van der Waals surface area contributed by atoms with Gasteiger partial charge in [-0.2, -0.15) is 0 Å². The zero-order valence-corrected chi connectivity index (χ0v) is 18.6. The Morgan fingerprint density at radius 3 is 2.52 bits per heavy atom. The first kappa shape index (κ1) is 23.1. The molecule has 0 bridgehead atoms. The Balaban J connectivity index is 1.15. The van der Waals surface area contributed by atoms with Crippen LogP contribution in [0.15, 0.2) is 72.9 Å². The minimum absolute atomic E-state index is 0.132. The van der Waals surface area contributed by atoms with Crippen LogP contribution in [-0.4, -0.2) is 36.3 Å². The number of amides is 1. The maximum Gasteiger partial charge on any atom is 0.253 e. The number of ether oxygens (including phenoxy) is 2. The third-order valence-corrected chi connectivity index (χ3v) is 5.85. The molecule has 0 atom stereocenters. The predicted octanol–water partition coefficient (Wildman–Crippen LogP) is 5.16. The number of nitrogens with zero attached hydrogens (tertiary/aromatic N) is 1. The third-order valence-electron chi connectivity index (χ3n) is 5.85. The van der Waals surface area contributed by atoms with E-state index in [1.165, 1.54) is 12.1 Å². The van der Waals surface area contributed by atoms with Crippen LogP contribution in [0.25, 0.3) is 11.3 Å². The zero-order chi connectivity index (χ0) is 22.9. The second-order valence-corrected chi connectivity index (χ2v) is 8.30. The van der Waals surface area contributed by atoms with Crippen molar-refractivity contribution in [1.82, 2.24) is 10.3 Å². The number of halogens is 1. The molecule has 1 amide bonds. The summed E-state index contributed by atoms with van der Waals surface area (Å²) < 4.78 is 25.0. The first-order valence-electron chi connectivity index (χ1n) is 11.4. The summed E-state index contributed by atoms with van der Waals surface area (Å²) in [5, 5.41) is 3.10. The quantitative estimate of drug-likeness (QED) is 0.459. The molecule has 0 radical (unpaired) electrons. The van der Waals surface area contributed by atoms with Crippen LogP contribution in [0.1, 0.15) is 41.6 Å². The number of aromatic nitrogens is 1. The molecule has 1 heterocycles. The largest absolute Gasteiger partial charge is 0.376 e. The molecule has 0 aliphatic heterocycles. The first-order valence-corrected chi connectivity index (χ1v) is 11.4. The summed E-state index contributed by atoms with van der Waals surface area (Å²) >= 11 is 0. The van der Waals surface area contributed by atoms with Gasteiger partial charge in [0.15, 0.2) is 0 Å². The number of hydrogen-bond acceptors (Lipinski definition) is 4. The van der Waals surface area contributed by atoms with Crippen LogP contribution in [-0.2, 0) is 16.1 Å². The second-order valence-electron chi connectivity index (χ2n) is 8.30. The maximum atomic E-state index is 13.4. The first-order chi connectivity index (χ1) is 16.2. The Morgan fingerprint density at radius 1 is 0.970 bits per heavy atom. The van der Waals surface area contributed by atoms with Crippen molar-refractivity contribution in [1.29, 1.82) is 0 Å². The molecule has 1 saturated carbocycles. The number of nitrogens with one attached hydrogen (secondary N) is 1. The molecule has 1 aromatic heterocycles. The summed E-state index contributed by atoms with van der Waals surface area (Å²) in [5.74, 6) is -0.442. The molecule has 2 aromatic carbocycles. The van der Waals surface area contributed by atoms with Gasteiger partial charge in [-0.3, -0.25) is 9.78 Å². The van der Waals surface area contributed by atoms with E-state index in [2.05, 4.69) is 10.3 Å². The summed E-state index contributed by atoms with van der Waals surface area (Å²) in [5.41, 5.74) is 2.99. The number of carbonyl (C=O) groups excluding carboxylic acids is 1. The van der Waals surface area contributed by atoms with Crippen LogP contribution >= 0.6 is 0 Å². The van der Waals surface area contributed by atoms with Crippen LogP contribution in [0.5, 0.6) is 0 Å². The molecule has 1 aliphatic carbocycles. The van der Waals surface area contributed by atoms with Gasteiger partial charge in [0.1, 0.15) is 5.82 Å². The average Bonchev–Trinajstić information content (AvgIpc) is 2.85. The van der Waals surface area contributed by atoms with Crippen molar-refractivity contribution < 1.29 is 18.7 Å². The van der Waals surface area contributed by atoms with Crippen molar-refractivity contribution in [3.05, 3.63) is 89.9 Å². The van der Waals surface area contributed by atoms with Gasteiger partial charge < -0.3 is 14.8 Å². The molecule has 0 saturated heterocycles. The topological polar surface area (TPSA) is 60.5 Å². The Bertz CT molecular complexity index is 1020. The van der Waals surface area contributed by atoms with E-state index in [4.69, 9.17) is 9.47 Å². The van der Waals surface area contributed by atoms with Gasteiger partial charge in [-0.25, -0.2) is 4.39 Å². The van der Waals surface area contributed by atoms with Gasteiger partial charge in [-0.15, -0.1) is 0 Å². The summed E-state index contributed by atoms with van der Waals surface area (Å²) in [7, 11) is 0. The number of hydrogen-bond donors (Lipinski definition) is 1. The van der Waals surface area contributed by atoms with Gasteiger partial charge in [-0.05, 0) is 55.5 Å². The summed E-state index contributed by atoms with van der Waals surface area (Å²) in [6.45, 7) is 1.75. The molecule has 5 nitrogen and oxygen atoms in total. The van der Waals surface area contributed by atoms with Crippen molar-refractivity contribution in [2.24, 2.45) is 0 Å². The lowest BCUT2D eigenvalue weighted by Gasteiger charge is -2.29. The molecular weight excluding hydrogens is 419 g/mol. The lowest BCUT2D eigenvalue weighted by molar-refractivity contribution is -0.0167. The second kappa shape index (κ2) is 11.7. The Labute approximate surface area is 194 Å². The maximum absolute atomic E-state index is 13.4. The Morgan fingerprint density at radius 2 is 1.79 bits per heavy atom. The van der Waals surface area contributed by atoms with Gasteiger partial charge in [-0.1, -0.05) is 42.5 Å². The minimum Gasteiger partial charge on any atom is -0.376 e. The predicted molar refractivity (Wildman–Crippen MR) is 125 cm³/mol. The zero-order valence-electron chi connectivity index (χ0n) is 18.6. The van der Waals surface area contributed by atoms with Gasteiger partial charge in [0.05, 0.1) is 37.2 Å². The molecule has 3 aromatic rings. The monoisotopic (exact) mass is 448 g/mol. The van der Waals surface area contributed by atoms with E-state index in [0.717, 1.165) is 31.2 Å². The van der Waals surface area contributed by atoms with E-state index >= 15 is 0 Å². The summed E-state index contributed by atoms with van der Waals surface area (Å²) in [6, 6.07) is 20.0. The fourth-order valence-corrected chi connectivity index (χ4v) is 4.03. The highest BCUT2D eigenvalue weighted by Crippen LogP contribution is 2.22. The SMILES string of the molecule is O=C(NC1CCC(OCCOCc2ccccc2)CC1)c1ccc(-c2cccc(F)c2)nc1. The molecule has 1 N–H and O–H groups in total. The summed E-state index contributed by atoms with van der Waals surface area (Å²) in [6.07, 6.45) is 5.36. The van der Waals surface area contributed by atoms with E-state index < -0.39 is 0 Å². The molecule has 4 rings (SSSR count). The number of carbonyl (C=O) groups is 1. The van der Waals surface area contributed by atoms with Gasteiger partial charge in [0, 0.05) is 17.8 Å². The van der Waals surface area contributed by atoms with Crippen LogP contribution < -0.4 is 5.32 Å². The van der Waals surface area contributed by atoms with E-state index in [1.54, 1.807) is 30.5 Å². The van der Waals surface area contributed by atoms with Crippen LogP contribution in [0.3, 0.4) is 0 Å². The van der Waals surface area contributed by atoms with Crippen LogP contribution in [0, 0.1) is 5.82 Å². The molecule has 6 heteroatoms. The van der Waals surface area contributed by atoms with Crippen molar-refractivity contribution in [3.63, 3.8) is 0 Å². The van der Waals surface area contributed by atoms with Crippen molar-refractivity contribution in [3.8, 4) is 11.3 Å². The molecule has 33 heavy (non-hydrogen) atoms. The van der Waals surface area contributed by atoms with Crippen molar-refractivity contribution in [2.75, 3.05) is 13.2 Å². The number of benzene rings is 2. The van der Waals surface area contributed by atoms with Gasteiger partial charge in [0.2, 0.25) is 0 Å². The molecule has 172 valence electrons. The van der Waals surface area contributed by atoms with Crippen LogP contribution in [0.2, 0.25) is 0 Å². The molecule has 0 unspecified atom stereocenters. The third kappa shape index (κ3) is 6.94. The summed E-state index contributed by atoms with van der Waals surface area (Å²) in [4.78, 5) is 16.9. The minimum atomic E-state index is -0.310. The van der Waals surface area contributed by atoms with E-state index in [-0.39, 0.29) is 23.9 Å². The average molecular weight is 449 g/mol. The lowest BCUT2D eigenvalue weighted by atomic mass is 9.92. The van der Waals surface area contributed by atoms with Gasteiger partial charge >= 0.3 is 0 Å². The fraction of sp³-hybridized carbons (Fsp3) is 0.333. The van der Waals surface area contributed by atoms with E-state index in [0.29, 0.717) is 36.6 Å².